The fourth-order valence-electron chi connectivity index (χ4n) is 2.84. The van der Waals surface area contributed by atoms with E-state index in [-0.39, 0.29) is 22.2 Å². The lowest BCUT2D eigenvalue weighted by Crippen LogP contribution is -2.46. The number of benzene rings is 1. The van der Waals surface area contributed by atoms with E-state index >= 15 is 0 Å². The molecule has 11 heteroatoms. The van der Waals surface area contributed by atoms with Crippen molar-refractivity contribution in [3.63, 3.8) is 0 Å². The van der Waals surface area contributed by atoms with Crippen LogP contribution in [0, 0.1) is 6.92 Å². The van der Waals surface area contributed by atoms with Gasteiger partial charge in [-0.1, -0.05) is 11.6 Å². The smallest absolute Gasteiger partial charge is 0.422 e. The van der Waals surface area contributed by atoms with Crippen LogP contribution in [0.5, 0.6) is 11.6 Å². The zero-order valence-electron chi connectivity index (χ0n) is 14.7. The van der Waals surface area contributed by atoms with Gasteiger partial charge in [0, 0.05) is 31.7 Å². The number of H-pyrrole nitrogens is 1. The van der Waals surface area contributed by atoms with Gasteiger partial charge in [0.2, 0.25) is 5.88 Å². The number of halogens is 4. The number of alkyl halides is 3. The highest BCUT2D eigenvalue weighted by Gasteiger charge is 2.37. The molecule has 2 heterocycles. The van der Waals surface area contributed by atoms with Gasteiger partial charge in [-0.25, -0.2) is 5.10 Å². The molecule has 3 rings (SSSR count). The van der Waals surface area contributed by atoms with E-state index in [2.05, 4.69) is 10.4 Å². The number of aromatic amines is 1. The van der Waals surface area contributed by atoms with E-state index in [4.69, 9.17) is 16.3 Å². The van der Waals surface area contributed by atoms with Gasteiger partial charge in [0.1, 0.15) is 11.3 Å². The minimum atomic E-state index is -4.86. The number of carbonyl (C=O) groups excluding carboxylic acids is 1. The van der Waals surface area contributed by atoms with Crippen LogP contribution < -0.4 is 15.6 Å². The summed E-state index contributed by atoms with van der Waals surface area (Å²) < 4.78 is 44.7. The number of piperazine rings is 1. The first-order chi connectivity index (χ1) is 13.2. The number of aromatic nitrogens is 2. The SMILES string of the molecule is Cc1c(Oc2ccc(Cl)c(C(=O)N3CCNCC3)c2)n[nH]c(=O)c1C(F)(F)F. The monoisotopic (exact) mass is 416 g/mol. The predicted molar refractivity (Wildman–Crippen MR) is 94.9 cm³/mol. The van der Waals surface area contributed by atoms with Crippen molar-refractivity contribution < 1.29 is 22.7 Å². The Balaban J connectivity index is 1.92. The Morgan fingerprint density at radius 1 is 1.29 bits per heavy atom. The van der Waals surface area contributed by atoms with Crippen LogP contribution in [0.1, 0.15) is 21.5 Å². The molecule has 0 saturated carbocycles. The molecule has 0 unspecified atom stereocenters. The van der Waals surface area contributed by atoms with Crippen molar-refractivity contribution in [1.82, 2.24) is 20.4 Å². The summed E-state index contributed by atoms with van der Waals surface area (Å²) in [6.45, 7) is 3.41. The van der Waals surface area contributed by atoms with Crippen molar-refractivity contribution in [2.75, 3.05) is 26.2 Å². The first-order valence-corrected chi connectivity index (χ1v) is 8.70. The van der Waals surface area contributed by atoms with Gasteiger partial charge in [0.25, 0.3) is 11.5 Å². The number of amides is 1. The third-order valence-electron chi connectivity index (χ3n) is 4.25. The van der Waals surface area contributed by atoms with Crippen LogP contribution in [0.4, 0.5) is 13.2 Å². The van der Waals surface area contributed by atoms with E-state index in [1.54, 1.807) is 10.00 Å². The quantitative estimate of drug-likeness (QED) is 0.803. The van der Waals surface area contributed by atoms with Crippen LogP contribution in [-0.2, 0) is 6.18 Å². The predicted octanol–water partition coefficient (Wildman–Crippen LogP) is 2.59. The fourth-order valence-corrected chi connectivity index (χ4v) is 3.04. The van der Waals surface area contributed by atoms with E-state index in [1.807, 2.05) is 0 Å². The molecule has 0 atom stereocenters. The van der Waals surface area contributed by atoms with Crippen molar-refractivity contribution in [1.29, 1.82) is 0 Å². The minimum Gasteiger partial charge on any atom is -0.437 e. The maximum atomic E-state index is 13.1. The van der Waals surface area contributed by atoms with E-state index < -0.39 is 28.7 Å². The lowest BCUT2D eigenvalue weighted by atomic mass is 10.1. The second-order valence-corrected chi connectivity index (χ2v) is 6.55. The first-order valence-electron chi connectivity index (χ1n) is 8.32. The zero-order valence-corrected chi connectivity index (χ0v) is 15.4. The largest absolute Gasteiger partial charge is 0.437 e. The highest BCUT2D eigenvalue weighted by molar-refractivity contribution is 6.33. The van der Waals surface area contributed by atoms with Gasteiger partial charge < -0.3 is 15.0 Å². The Morgan fingerprint density at radius 3 is 2.61 bits per heavy atom. The molecule has 150 valence electrons. The molecule has 0 spiro atoms. The number of hydrogen-bond acceptors (Lipinski definition) is 5. The second-order valence-electron chi connectivity index (χ2n) is 6.14. The Bertz CT molecular complexity index is 956. The summed E-state index contributed by atoms with van der Waals surface area (Å²) in [4.78, 5) is 25.8. The molecule has 7 nitrogen and oxygen atoms in total. The van der Waals surface area contributed by atoms with Gasteiger partial charge in [-0.15, -0.1) is 5.10 Å². The molecule has 0 radical (unpaired) electrons. The molecule has 0 aliphatic carbocycles. The third-order valence-corrected chi connectivity index (χ3v) is 4.58. The zero-order chi connectivity index (χ0) is 20.5. The van der Waals surface area contributed by atoms with Crippen LogP contribution in [-0.4, -0.2) is 47.2 Å². The summed E-state index contributed by atoms with van der Waals surface area (Å²) in [7, 11) is 0. The van der Waals surface area contributed by atoms with Gasteiger partial charge >= 0.3 is 6.18 Å². The Hall–Kier alpha value is -2.59. The number of ether oxygens (including phenoxy) is 1. The maximum Gasteiger partial charge on any atom is 0.422 e. The van der Waals surface area contributed by atoms with E-state index in [0.29, 0.717) is 26.2 Å². The summed E-state index contributed by atoms with van der Waals surface area (Å²) in [6, 6.07) is 4.15. The first kappa shape index (κ1) is 20.2. The van der Waals surface area contributed by atoms with E-state index in [9.17, 15) is 22.8 Å². The van der Waals surface area contributed by atoms with Crippen molar-refractivity contribution >= 4 is 17.5 Å². The average Bonchev–Trinajstić information content (AvgIpc) is 2.64. The minimum absolute atomic E-state index is 0.0682. The number of hydrogen-bond donors (Lipinski definition) is 2. The molecule has 1 aliphatic heterocycles. The van der Waals surface area contributed by atoms with Crippen LogP contribution in [0.2, 0.25) is 5.02 Å². The molecule has 1 fully saturated rings. The fraction of sp³-hybridized carbons (Fsp3) is 0.353. The van der Waals surface area contributed by atoms with Gasteiger partial charge in [0.15, 0.2) is 0 Å². The summed E-state index contributed by atoms with van der Waals surface area (Å²) in [5.41, 5.74) is -3.04. The highest BCUT2D eigenvalue weighted by Crippen LogP contribution is 2.34. The summed E-state index contributed by atoms with van der Waals surface area (Å²) in [5, 5.41) is 8.64. The van der Waals surface area contributed by atoms with Crippen LogP contribution >= 0.6 is 11.6 Å². The molecular formula is C17H16ClF3N4O3. The lowest BCUT2D eigenvalue weighted by Gasteiger charge is -2.27. The average molecular weight is 417 g/mol. The number of rotatable bonds is 3. The van der Waals surface area contributed by atoms with Gasteiger partial charge in [-0.2, -0.15) is 13.2 Å². The van der Waals surface area contributed by atoms with E-state index in [0.717, 1.165) is 6.92 Å². The van der Waals surface area contributed by atoms with Crippen LogP contribution in [0.15, 0.2) is 23.0 Å². The molecule has 1 amide bonds. The molecule has 1 aromatic carbocycles. The van der Waals surface area contributed by atoms with Gasteiger partial charge in [0.05, 0.1) is 10.6 Å². The van der Waals surface area contributed by atoms with Crippen LogP contribution in [0.3, 0.4) is 0 Å². The van der Waals surface area contributed by atoms with Gasteiger partial charge in [-0.05, 0) is 25.1 Å². The number of carbonyl (C=O) groups is 1. The molecule has 28 heavy (non-hydrogen) atoms. The molecule has 1 aliphatic rings. The number of nitrogens with zero attached hydrogens (tertiary/aromatic N) is 2. The normalized spacial score (nSPS) is 14.8. The topological polar surface area (TPSA) is 87.3 Å². The Labute approximate surface area is 162 Å². The summed E-state index contributed by atoms with van der Waals surface area (Å²) >= 11 is 6.12. The Kier molecular flexibility index (Phi) is 5.61. The standard InChI is InChI=1S/C17H16ClF3N4O3/c1-9-13(17(19,20)21)14(26)23-24-15(9)28-10-2-3-12(18)11(8-10)16(27)25-6-4-22-5-7-25/h2-3,8,22H,4-7H2,1H3,(H,23,26). The molecule has 2 aromatic rings. The third kappa shape index (κ3) is 4.12. The molecule has 1 aromatic heterocycles. The van der Waals surface area contributed by atoms with Crippen molar-refractivity contribution in [3.05, 3.63) is 50.3 Å². The van der Waals surface area contributed by atoms with E-state index in [1.165, 1.54) is 18.2 Å². The van der Waals surface area contributed by atoms with Crippen molar-refractivity contribution in [2.45, 2.75) is 13.1 Å². The molecule has 1 saturated heterocycles. The molecular weight excluding hydrogens is 401 g/mol. The summed E-state index contributed by atoms with van der Waals surface area (Å²) in [6.07, 6.45) is -4.86. The molecule has 0 bridgehead atoms. The van der Waals surface area contributed by atoms with Crippen molar-refractivity contribution in [2.24, 2.45) is 0 Å². The van der Waals surface area contributed by atoms with Gasteiger partial charge in [-0.3, -0.25) is 9.59 Å². The van der Waals surface area contributed by atoms with Crippen molar-refractivity contribution in [3.8, 4) is 11.6 Å². The Morgan fingerprint density at radius 2 is 1.96 bits per heavy atom. The highest BCUT2D eigenvalue weighted by atomic mass is 35.5. The lowest BCUT2D eigenvalue weighted by molar-refractivity contribution is -0.139. The molecule has 2 N–H and O–H groups in total. The maximum absolute atomic E-state index is 13.1. The summed E-state index contributed by atoms with van der Waals surface area (Å²) in [5.74, 6) is -0.660. The number of nitrogens with one attached hydrogen (secondary N) is 2. The second kappa shape index (κ2) is 7.80. The van der Waals surface area contributed by atoms with Crippen LogP contribution in [0.25, 0.3) is 0 Å².